The summed E-state index contributed by atoms with van der Waals surface area (Å²) < 4.78 is 19.3. The molecule has 3 aromatic rings. The highest BCUT2D eigenvalue weighted by Gasteiger charge is 2.25. The lowest BCUT2D eigenvalue weighted by Gasteiger charge is -2.26. The molecule has 1 aliphatic heterocycles. The van der Waals surface area contributed by atoms with Crippen LogP contribution in [0.1, 0.15) is 58.0 Å². The van der Waals surface area contributed by atoms with Gasteiger partial charge in [0, 0.05) is 50.6 Å². The predicted molar refractivity (Wildman–Crippen MR) is 122 cm³/mol. The van der Waals surface area contributed by atoms with Gasteiger partial charge in [-0.05, 0) is 49.4 Å². The van der Waals surface area contributed by atoms with Gasteiger partial charge in [0.05, 0.1) is 17.1 Å². The molecule has 1 atom stereocenters. The van der Waals surface area contributed by atoms with Gasteiger partial charge in [0.2, 0.25) is 5.88 Å². The first-order valence-electron chi connectivity index (χ1n) is 11.1. The molecule has 6 heteroatoms. The quantitative estimate of drug-likeness (QED) is 0.512. The number of imidazole rings is 1. The van der Waals surface area contributed by atoms with E-state index in [0.717, 1.165) is 60.8 Å². The lowest BCUT2D eigenvalue weighted by atomic mass is 9.94. The predicted octanol–water partition coefficient (Wildman–Crippen LogP) is 5.66. The van der Waals surface area contributed by atoms with Crippen LogP contribution in [0.5, 0.6) is 11.6 Å². The Kier molecular flexibility index (Phi) is 6.30. The number of pyridine rings is 1. The lowest BCUT2D eigenvalue weighted by molar-refractivity contribution is 0.0611. The number of methoxy groups -OCH3 is 1. The molecule has 3 heterocycles. The third-order valence-corrected chi connectivity index (χ3v) is 5.98. The van der Waals surface area contributed by atoms with E-state index in [4.69, 9.17) is 19.2 Å². The van der Waals surface area contributed by atoms with Crippen LogP contribution in [0, 0.1) is 5.92 Å². The summed E-state index contributed by atoms with van der Waals surface area (Å²) in [4.78, 5) is 9.44. The van der Waals surface area contributed by atoms with Crippen molar-refractivity contribution in [1.29, 1.82) is 0 Å². The van der Waals surface area contributed by atoms with Crippen molar-refractivity contribution in [2.24, 2.45) is 5.92 Å². The molecule has 0 N–H and O–H groups in total. The van der Waals surface area contributed by atoms with Gasteiger partial charge in [-0.1, -0.05) is 20.8 Å². The SMILES string of the molecule is COC(C)c1ccc(Oc2ccc3c(c2)nc(C(C)(C)C)n3CC2CCOCC2)nc1. The summed E-state index contributed by atoms with van der Waals surface area (Å²) in [5, 5.41) is 0. The number of hydrogen-bond donors (Lipinski definition) is 0. The van der Waals surface area contributed by atoms with Crippen molar-refractivity contribution in [3.8, 4) is 11.6 Å². The molecule has 0 aliphatic carbocycles. The zero-order valence-electron chi connectivity index (χ0n) is 19.2. The molecule has 0 spiro atoms. The number of benzene rings is 1. The topological polar surface area (TPSA) is 58.4 Å². The molecule has 0 bridgehead atoms. The molecule has 1 unspecified atom stereocenters. The van der Waals surface area contributed by atoms with Crippen molar-refractivity contribution in [2.75, 3.05) is 20.3 Å². The molecular formula is C25H33N3O3. The van der Waals surface area contributed by atoms with E-state index in [0.29, 0.717) is 11.8 Å². The van der Waals surface area contributed by atoms with Crippen LogP contribution < -0.4 is 4.74 Å². The van der Waals surface area contributed by atoms with E-state index < -0.39 is 0 Å². The van der Waals surface area contributed by atoms with E-state index in [1.807, 2.05) is 31.2 Å². The first-order valence-corrected chi connectivity index (χ1v) is 11.1. The van der Waals surface area contributed by atoms with Crippen LogP contribution in [0.4, 0.5) is 0 Å². The van der Waals surface area contributed by atoms with Gasteiger partial charge >= 0.3 is 0 Å². The standard InChI is InChI=1S/C25H33N3O3/c1-17(29-5)19-6-9-23(26-15-19)31-20-7-8-22-21(14-20)27-24(25(2,3)4)28(22)16-18-10-12-30-13-11-18/h6-9,14-15,17-18H,10-13,16H2,1-5H3. The van der Waals surface area contributed by atoms with Crippen LogP contribution in [-0.4, -0.2) is 34.9 Å². The van der Waals surface area contributed by atoms with E-state index in [1.165, 1.54) is 0 Å². The Morgan fingerprint density at radius 1 is 1.16 bits per heavy atom. The van der Waals surface area contributed by atoms with Crippen molar-refractivity contribution in [2.45, 2.75) is 58.6 Å². The zero-order valence-corrected chi connectivity index (χ0v) is 19.2. The van der Waals surface area contributed by atoms with Crippen LogP contribution in [0.3, 0.4) is 0 Å². The lowest BCUT2D eigenvalue weighted by Crippen LogP contribution is -2.25. The average molecular weight is 424 g/mol. The molecule has 6 nitrogen and oxygen atoms in total. The molecule has 1 aliphatic rings. The van der Waals surface area contributed by atoms with Crippen molar-refractivity contribution in [3.63, 3.8) is 0 Å². The maximum absolute atomic E-state index is 6.02. The van der Waals surface area contributed by atoms with E-state index in [1.54, 1.807) is 13.3 Å². The minimum absolute atomic E-state index is 0.00779. The Morgan fingerprint density at radius 3 is 2.58 bits per heavy atom. The van der Waals surface area contributed by atoms with Gasteiger partial charge in [-0.2, -0.15) is 0 Å². The van der Waals surface area contributed by atoms with Crippen LogP contribution in [-0.2, 0) is 21.4 Å². The highest BCUT2D eigenvalue weighted by Crippen LogP contribution is 2.32. The van der Waals surface area contributed by atoms with Crippen LogP contribution in [0.25, 0.3) is 11.0 Å². The number of rotatable bonds is 6. The summed E-state index contributed by atoms with van der Waals surface area (Å²) >= 11 is 0. The molecule has 1 saturated heterocycles. The summed E-state index contributed by atoms with van der Waals surface area (Å²) in [6, 6.07) is 9.99. The summed E-state index contributed by atoms with van der Waals surface area (Å²) in [5.74, 6) is 3.04. The van der Waals surface area contributed by atoms with Gasteiger partial charge in [-0.15, -0.1) is 0 Å². The molecule has 0 radical (unpaired) electrons. The monoisotopic (exact) mass is 423 g/mol. The fourth-order valence-corrected chi connectivity index (χ4v) is 4.07. The van der Waals surface area contributed by atoms with Crippen LogP contribution in [0.2, 0.25) is 0 Å². The fraction of sp³-hybridized carbons (Fsp3) is 0.520. The number of aromatic nitrogens is 3. The van der Waals surface area contributed by atoms with Crippen molar-refractivity contribution >= 4 is 11.0 Å². The van der Waals surface area contributed by atoms with Gasteiger partial charge in [0.25, 0.3) is 0 Å². The third kappa shape index (κ3) is 4.91. The molecule has 0 amide bonds. The second kappa shape index (κ2) is 8.97. The minimum Gasteiger partial charge on any atom is -0.439 e. The van der Waals surface area contributed by atoms with Crippen LogP contribution in [0.15, 0.2) is 36.5 Å². The van der Waals surface area contributed by atoms with Gasteiger partial charge in [0.1, 0.15) is 11.6 Å². The van der Waals surface area contributed by atoms with Gasteiger partial charge in [0.15, 0.2) is 0 Å². The molecular weight excluding hydrogens is 390 g/mol. The third-order valence-electron chi connectivity index (χ3n) is 5.98. The number of fused-ring (bicyclic) bond motifs is 1. The number of hydrogen-bond acceptors (Lipinski definition) is 5. The van der Waals surface area contributed by atoms with E-state index in [9.17, 15) is 0 Å². The van der Waals surface area contributed by atoms with E-state index >= 15 is 0 Å². The summed E-state index contributed by atoms with van der Waals surface area (Å²) in [6.45, 7) is 11.3. The second-order valence-electron chi connectivity index (χ2n) is 9.41. The largest absolute Gasteiger partial charge is 0.439 e. The molecule has 1 aromatic carbocycles. The van der Waals surface area contributed by atoms with E-state index in [-0.39, 0.29) is 11.5 Å². The van der Waals surface area contributed by atoms with Crippen molar-refractivity contribution in [3.05, 3.63) is 47.9 Å². The first-order chi connectivity index (χ1) is 14.8. The Labute approximate surface area is 184 Å². The first kappa shape index (κ1) is 21.8. The molecule has 166 valence electrons. The van der Waals surface area contributed by atoms with Crippen molar-refractivity contribution in [1.82, 2.24) is 14.5 Å². The van der Waals surface area contributed by atoms with Crippen LogP contribution >= 0.6 is 0 Å². The maximum atomic E-state index is 6.02. The Balaban J connectivity index is 1.61. The van der Waals surface area contributed by atoms with Gasteiger partial charge < -0.3 is 18.8 Å². The normalized spacial score (nSPS) is 16.5. The maximum Gasteiger partial charge on any atom is 0.219 e. The zero-order chi connectivity index (χ0) is 22.0. The highest BCUT2D eigenvalue weighted by atomic mass is 16.5. The molecule has 4 rings (SSSR count). The molecule has 1 fully saturated rings. The van der Waals surface area contributed by atoms with Gasteiger partial charge in [-0.3, -0.25) is 0 Å². The summed E-state index contributed by atoms with van der Waals surface area (Å²) in [6.07, 6.45) is 4.01. The fourth-order valence-electron chi connectivity index (χ4n) is 4.07. The Bertz CT molecular complexity index is 1010. The minimum atomic E-state index is -0.0410. The Hall–Kier alpha value is -2.44. The highest BCUT2D eigenvalue weighted by molar-refractivity contribution is 5.78. The van der Waals surface area contributed by atoms with Gasteiger partial charge in [-0.25, -0.2) is 9.97 Å². The Morgan fingerprint density at radius 2 is 1.94 bits per heavy atom. The summed E-state index contributed by atoms with van der Waals surface area (Å²) in [5.41, 5.74) is 3.09. The average Bonchev–Trinajstić information content (AvgIpc) is 3.12. The molecule has 31 heavy (non-hydrogen) atoms. The van der Waals surface area contributed by atoms with Crippen molar-refractivity contribution < 1.29 is 14.2 Å². The molecule has 0 saturated carbocycles. The molecule has 2 aromatic heterocycles. The number of nitrogens with zero attached hydrogens (tertiary/aromatic N) is 3. The second-order valence-corrected chi connectivity index (χ2v) is 9.41. The van der Waals surface area contributed by atoms with E-state index in [2.05, 4.69) is 36.4 Å². The smallest absolute Gasteiger partial charge is 0.219 e. The number of ether oxygens (including phenoxy) is 3. The summed E-state index contributed by atoms with van der Waals surface area (Å²) in [7, 11) is 1.69.